The highest BCUT2D eigenvalue weighted by Gasteiger charge is 2.30. The highest BCUT2D eigenvalue weighted by molar-refractivity contribution is 5.95. The van der Waals surface area contributed by atoms with Crippen molar-refractivity contribution in [2.24, 2.45) is 0 Å². The molecule has 0 bridgehead atoms. The molecule has 0 aliphatic carbocycles. The van der Waals surface area contributed by atoms with Gasteiger partial charge in [-0.2, -0.15) is 13.2 Å². The Morgan fingerprint density at radius 3 is 2.19 bits per heavy atom. The lowest BCUT2D eigenvalue weighted by Crippen LogP contribution is -2.31. The second-order valence-electron chi connectivity index (χ2n) is 5.14. The fraction of sp³-hybridized carbons (Fsp3) is 0.222. The number of ether oxygens (including phenoxy) is 2. The Morgan fingerprint density at radius 2 is 1.58 bits per heavy atom. The predicted molar refractivity (Wildman–Crippen MR) is 86.7 cm³/mol. The third-order valence-corrected chi connectivity index (χ3v) is 3.23. The smallest absolute Gasteiger partial charge is 0.416 e. The van der Waals surface area contributed by atoms with Gasteiger partial charge < -0.3 is 14.8 Å². The Morgan fingerprint density at radius 1 is 0.923 bits per heavy atom. The molecule has 0 aliphatic rings. The Balaban J connectivity index is 1.69. The number of halogens is 3. The zero-order valence-corrected chi connectivity index (χ0v) is 13.6. The van der Waals surface area contributed by atoms with Crippen LogP contribution in [-0.2, 0) is 15.7 Å². The van der Waals surface area contributed by atoms with Gasteiger partial charge in [0.2, 0.25) is 0 Å². The molecule has 0 atom stereocenters. The van der Waals surface area contributed by atoms with Crippen molar-refractivity contribution >= 4 is 11.9 Å². The predicted octanol–water partition coefficient (Wildman–Crippen LogP) is 3.06. The number of carbonyl (C=O) groups is 2. The number of hydrogen-bond donors (Lipinski definition) is 1. The van der Waals surface area contributed by atoms with E-state index < -0.39 is 30.2 Å². The van der Waals surface area contributed by atoms with Crippen LogP contribution < -0.4 is 10.1 Å². The minimum atomic E-state index is -4.47. The minimum absolute atomic E-state index is 0.00385. The maximum Gasteiger partial charge on any atom is 0.416 e. The second kappa shape index (κ2) is 8.89. The zero-order valence-electron chi connectivity index (χ0n) is 13.6. The van der Waals surface area contributed by atoms with Crippen LogP contribution in [0.15, 0.2) is 54.6 Å². The van der Waals surface area contributed by atoms with Crippen molar-refractivity contribution in [1.82, 2.24) is 5.32 Å². The number of benzene rings is 2. The van der Waals surface area contributed by atoms with Crippen LogP contribution in [0.2, 0.25) is 0 Å². The summed E-state index contributed by atoms with van der Waals surface area (Å²) in [5.41, 5.74) is -0.843. The van der Waals surface area contributed by atoms with Gasteiger partial charge in [0.15, 0.2) is 0 Å². The lowest BCUT2D eigenvalue weighted by molar-refractivity contribution is -0.143. The summed E-state index contributed by atoms with van der Waals surface area (Å²) in [6.07, 6.45) is -4.47. The summed E-state index contributed by atoms with van der Waals surface area (Å²) >= 11 is 0. The van der Waals surface area contributed by atoms with E-state index in [1.165, 1.54) is 0 Å². The van der Waals surface area contributed by atoms with Gasteiger partial charge in [0, 0.05) is 5.56 Å². The molecule has 0 heterocycles. The van der Waals surface area contributed by atoms with Crippen LogP contribution in [0.3, 0.4) is 0 Å². The molecule has 2 rings (SSSR count). The maximum absolute atomic E-state index is 12.5. The molecule has 26 heavy (non-hydrogen) atoms. The van der Waals surface area contributed by atoms with Crippen molar-refractivity contribution in [1.29, 1.82) is 0 Å². The van der Waals surface area contributed by atoms with Gasteiger partial charge >= 0.3 is 12.1 Å². The topological polar surface area (TPSA) is 64.6 Å². The number of esters is 1. The fourth-order valence-electron chi connectivity index (χ4n) is 1.95. The Hall–Kier alpha value is -3.03. The molecule has 1 N–H and O–H groups in total. The van der Waals surface area contributed by atoms with Crippen LogP contribution in [0.1, 0.15) is 15.9 Å². The van der Waals surface area contributed by atoms with Crippen molar-refractivity contribution < 1.29 is 32.2 Å². The average molecular weight is 367 g/mol. The van der Waals surface area contributed by atoms with Crippen LogP contribution >= 0.6 is 0 Å². The normalized spacial score (nSPS) is 10.9. The minimum Gasteiger partial charge on any atom is -0.490 e. The van der Waals surface area contributed by atoms with Crippen LogP contribution in [0, 0.1) is 0 Å². The van der Waals surface area contributed by atoms with E-state index in [2.05, 4.69) is 5.32 Å². The molecular formula is C18H16F3NO4. The summed E-state index contributed by atoms with van der Waals surface area (Å²) in [5, 5.41) is 2.28. The highest BCUT2D eigenvalue weighted by atomic mass is 19.4. The molecule has 0 aliphatic heterocycles. The summed E-state index contributed by atoms with van der Waals surface area (Å²) in [6, 6.07) is 12.6. The van der Waals surface area contributed by atoms with Gasteiger partial charge in [0.25, 0.3) is 5.91 Å². The first kappa shape index (κ1) is 19.3. The molecule has 2 aromatic rings. The van der Waals surface area contributed by atoms with Gasteiger partial charge in [-0.25, -0.2) is 0 Å². The fourth-order valence-corrected chi connectivity index (χ4v) is 1.95. The largest absolute Gasteiger partial charge is 0.490 e. The lowest BCUT2D eigenvalue weighted by Gasteiger charge is -2.09. The zero-order chi connectivity index (χ0) is 19.0. The van der Waals surface area contributed by atoms with E-state index in [9.17, 15) is 22.8 Å². The third-order valence-electron chi connectivity index (χ3n) is 3.23. The van der Waals surface area contributed by atoms with Gasteiger partial charge in [-0.1, -0.05) is 18.2 Å². The average Bonchev–Trinajstić information content (AvgIpc) is 2.63. The molecule has 5 nitrogen and oxygen atoms in total. The molecule has 0 unspecified atom stereocenters. The van der Waals surface area contributed by atoms with Gasteiger partial charge in [-0.3, -0.25) is 9.59 Å². The van der Waals surface area contributed by atoms with Crippen molar-refractivity contribution in [3.63, 3.8) is 0 Å². The van der Waals surface area contributed by atoms with Gasteiger partial charge in [-0.15, -0.1) is 0 Å². The SMILES string of the molecule is O=C(CNC(=O)c1ccc(C(F)(F)F)cc1)OCCOc1ccccc1. The number of carbonyl (C=O) groups excluding carboxylic acids is 2. The first-order chi connectivity index (χ1) is 12.4. The first-order valence-corrected chi connectivity index (χ1v) is 7.65. The number of para-hydroxylation sites is 1. The van der Waals surface area contributed by atoms with Crippen molar-refractivity contribution in [2.75, 3.05) is 19.8 Å². The van der Waals surface area contributed by atoms with E-state index in [1.54, 1.807) is 24.3 Å². The third kappa shape index (κ3) is 6.12. The number of alkyl halides is 3. The highest BCUT2D eigenvalue weighted by Crippen LogP contribution is 2.29. The van der Waals surface area contributed by atoms with E-state index in [-0.39, 0.29) is 18.8 Å². The Kier molecular flexibility index (Phi) is 6.60. The number of amides is 1. The second-order valence-corrected chi connectivity index (χ2v) is 5.14. The van der Waals surface area contributed by atoms with Gasteiger partial charge in [0.1, 0.15) is 25.5 Å². The molecule has 138 valence electrons. The van der Waals surface area contributed by atoms with E-state index >= 15 is 0 Å². The number of rotatable bonds is 7. The van der Waals surface area contributed by atoms with E-state index in [0.717, 1.165) is 24.3 Å². The quantitative estimate of drug-likeness (QED) is 0.604. The summed E-state index contributed by atoms with van der Waals surface area (Å²) in [6.45, 7) is -0.238. The monoisotopic (exact) mass is 367 g/mol. The molecule has 0 aromatic heterocycles. The Labute approximate surface area is 147 Å². The number of nitrogens with one attached hydrogen (secondary N) is 1. The molecule has 1 amide bonds. The van der Waals surface area contributed by atoms with Crippen molar-refractivity contribution in [3.8, 4) is 5.75 Å². The first-order valence-electron chi connectivity index (χ1n) is 7.65. The van der Waals surface area contributed by atoms with Crippen LogP contribution in [0.5, 0.6) is 5.75 Å². The summed E-state index contributed by atoms with van der Waals surface area (Å²) in [5.74, 6) is -0.711. The molecule has 0 saturated heterocycles. The van der Waals surface area contributed by atoms with Crippen LogP contribution in [0.25, 0.3) is 0 Å². The van der Waals surface area contributed by atoms with Gasteiger partial charge in [0.05, 0.1) is 5.56 Å². The molecule has 2 aromatic carbocycles. The van der Waals surface area contributed by atoms with Crippen molar-refractivity contribution in [3.05, 3.63) is 65.7 Å². The number of hydrogen-bond acceptors (Lipinski definition) is 4. The summed E-state index contributed by atoms with van der Waals surface area (Å²) in [4.78, 5) is 23.3. The molecule has 0 saturated carbocycles. The standard InChI is InChI=1S/C18H16F3NO4/c19-18(20,21)14-8-6-13(7-9-14)17(24)22-12-16(23)26-11-10-25-15-4-2-1-3-5-15/h1-9H,10-12H2,(H,22,24). The lowest BCUT2D eigenvalue weighted by atomic mass is 10.1. The van der Waals surface area contributed by atoms with E-state index in [0.29, 0.717) is 5.75 Å². The summed E-state index contributed by atoms with van der Waals surface area (Å²) in [7, 11) is 0. The molecule has 0 fully saturated rings. The van der Waals surface area contributed by atoms with Gasteiger partial charge in [-0.05, 0) is 36.4 Å². The molecule has 8 heteroatoms. The van der Waals surface area contributed by atoms with Crippen LogP contribution in [-0.4, -0.2) is 31.6 Å². The van der Waals surface area contributed by atoms with Crippen molar-refractivity contribution in [2.45, 2.75) is 6.18 Å². The van der Waals surface area contributed by atoms with E-state index in [1.807, 2.05) is 6.07 Å². The molecule has 0 radical (unpaired) electrons. The van der Waals surface area contributed by atoms with E-state index in [4.69, 9.17) is 9.47 Å². The molecular weight excluding hydrogens is 351 g/mol. The summed E-state index contributed by atoms with van der Waals surface area (Å²) < 4.78 is 47.6. The Bertz CT molecular complexity index is 730. The maximum atomic E-state index is 12.5. The van der Waals surface area contributed by atoms with Crippen LogP contribution in [0.4, 0.5) is 13.2 Å². The molecule has 0 spiro atoms.